The lowest BCUT2D eigenvalue weighted by Crippen LogP contribution is -2.45. The van der Waals surface area contributed by atoms with E-state index >= 15 is 0 Å². The highest BCUT2D eigenvalue weighted by atomic mass is 16.6. The number of hydrogen-bond donors (Lipinski definition) is 1. The minimum Gasteiger partial charge on any atom is -0.459 e. The zero-order valence-electron chi connectivity index (χ0n) is 21.4. The van der Waals surface area contributed by atoms with Crippen molar-refractivity contribution in [1.29, 1.82) is 0 Å². The number of alkyl carbamates (subject to hydrolysis) is 1. The first-order chi connectivity index (χ1) is 16.8. The van der Waals surface area contributed by atoms with Crippen LogP contribution in [0.3, 0.4) is 0 Å². The van der Waals surface area contributed by atoms with Crippen molar-refractivity contribution in [3.05, 3.63) is 71.9 Å². The molecule has 1 aromatic heterocycles. The Morgan fingerprint density at radius 1 is 0.971 bits per heavy atom. The average molecular weight is 479 g/mol. The minimum absolute atomic E-state index is 0.144. The first-order valence-electron chi connectivity index (χ1n) is 12.5. The molecule has 0 aliphatic rings. The molecule has 1 amide bonds. The van der Waals surface area contributed by atoms with Crippen LogP contribution < -0.4 is 5.32 Å². The van der Waals surface area contributed by atoms with E-state index in [1.807, 2.05) is 42.5 Å². The van der Waals surface area contributed by atoms with Gasteiger partial charge in [-0.3, -0.25) is 0 Å². The Labute approximate surface area is 208 Å². The van der Waals surface area contributed by atoms with Gasteiger partial charge in [0.05, 0.1) is 0 Å². The summed E-state index contributed by atoms with van der Waals surface area (Å²) < 4.78 is 13.3. The van der Waals surface area contributed by atoms with Crippen LogP contribution >= 0.6 is 0 Å². The topological polar surface area (TPSA) is 69.6 Å². The van der Waals surface area contributed by atoms with Crippen molar-refractivity contribution >= 4 is 23.0 Å². The van der Waals surface area contributed by atoms with Gasteiger partial charge in [0.1, 0.15) is 18.2 Å². The van der Waals surface area contributed by atoms with Crippen LogP contribution in [-0.4, -0.2) is 28.3 Å². The van der Waals surface area contributed by atoms with Gasteiger partial charge in [0.2, 0.25) is 0 Å². The average Bonchev–Trinajstić information content (AvgIpc) is 3.17. The van der Waals surface area contributed by atoms with Gasteiger partial charge in [-0.1, -0.05) is 74.7 Å². The Balaban J connectivity index is 1.80. The molecule has 0 aliphatic heterocycles. The number of ether oxygens (including phenoxy) is 2. The summed E-state index contributed by atoms with van der Waals surface area (Å²) in [7, 11) is 0. The van der Waals surface area contributed by atoms with E-state index in [2.05, 4.69) is 35.1 Å². The van der Waals surface area contributed by atoms with Gasteiger partial charge >= 0.3 is 12.1 Å². The molecule has 0 bridgehead atoms. The smallest absolute Gasteiger partial charge is 0.408 e. The number of carbonyl (C=O) groups is 2. The van der Waals surface area contributed by atoms with E-state index in [9.17, 15) is 9.59 Å². The van der Waals surface area contributed by atoms with Crippen LogP contribution in [-0.2, 0) is 33.8 Å². The van der Waals surface area contributed by atoms with Crippen LogP contribution in [0.25, 0.3) is 10.9 Å². The zero-order valence-corrected chi connectivity index (χ0v) is 21.4. The molecule has 2 aromatic carbocycles. The molecule has 3 aromatic rings. The Morgan fingerprint density at radius 2 is 1.69 bits per heavy atom. The molecule has 35 heavy (non-hydrogen) atoms. The summed E-state index contributed by atoms with van der Waals surface area (Å²) in [6, 6.07) is 16.8. The molecule has 6 nitrogen and oxygen atoms in total. The van der Waals surface area contributed by atoms with Crippen LogP contribution in [0.15, 0.2) is 60.8 Å². The number of unbranched alkanes of at least 4 members (excludes halogenated alkanes) is 3. The van der Waals surface area contributed by atoms with Crippen LogP contribution in [0, 0.1) is 0 Å². The van der Waals surface area contributed by atoms with E-state index < -0.39 is 23.7 Å². The van der Waals surface area contributed by atoms with Crippen molar-refractivity contribution in [1.82, 2.24) is 9.88 Å². The Morgan fingerprint density at radius 3 is 2.40 bits per heavy atom. The summed E-state index contributed by atoms with van der Waals surface area (Å²) >= 11 is 0. The predicted octanol–water partition coefficient (Wildman–Crippen LogP) is 6.40. The Kier molecular flexibility index (Phi) is 9.35. The number of nitrogens with one attached hydrogen (secondary N) is 1. The number of fused-ring (bicyclic) bond motifs is 1. The lowest BCUT2D eigenvalue weighted by molar-refractivity contribution is -0.147. The van der Waals surface area contributed by atoms with Crippen LogP contribution in [0.2, 0.25) is 0 Å². The maximum atomic E-state index is 13.1. The highest BCUT2D eigenvalue weighted by molar-refractivity contribution is 5.86. The monoisotopic (exact) mass is 478 g/mol. The van der Waals surface area contributed by atoms with Gasteiger partial charge in [0.15, 0.2) is 0 Å². The summed E-state index contributed by atoms with van der Waals surface area (Å²) in [4.78, 5) is 25.7. The van der Waals surface area contributed by atoms with Gasteiger partial charge in [-0.05, 0) is 44.4 Å². The second-order valence-electron chi connectivity index (χ2n) is 9.92. The van der Waals surface area contributed by atoms with Crippen molar-refractivity contribution in [2.75, 3.05) is 0 Å². The fraction of sp³-hybridized carbons (Fsp3) is 0.448. The number of nitrogens with zero attached hydrogens (tertiary/aromatic N) is 1. The van der Waals surface area contributed by atoms with Gasteiger partial charge in [-0.2, -0.15) is 0 Å². The van der Waals surface area contributed by atoms with Crippen LogP contribution in [0.1, 0.15) is 64.5 Å². The normalized spacial score (nSPS) is 12.3. The molecule has 0 saturated heterocycles. The van der Waals surface area contributed by atoms with E-state index in [0.29, 0.717) is 6.42 Å². The zero-order chi connectivity index (χ0) is 25.3. The number of esters is 1. The van der Waals surface area contributed by atoms with Crippen molar-refractivity contribution in [2.45, 2.75) is 84.6 Å². The fourth-order valence-corrected chi connectivity index (χ4v) is 4.07. The molecular formula is C29H38N2O4. The van der Waals surface area contributed by atoms with E-state index in [4.69, 9.17) is 9.47 Å². The second kappa shape index (κ2) is 12.4. The van der Waals surface area contributed by atoms with Crippen molar-refractivity contribution in [2.24, 2.45) is 0 Å². The first kappa shape index (κ1) is 26.3. The molecular weight excluding hydrogens is 440 g/mol. The molecule has 1 unspecified atom stereocenters. The summed E-state index contributed by atoms with van der Waals surface area (Å²) in [5.41, 5.74) is 2.35. The standard InChI is InChI=1S/C29H38N2O4/c1-5-6-7-13-18-31-20-23(24-16-11-12-17-26(24)31)19-25(30-28(33)35-29(2,3)4)27(32)34-21-22-14-9-8-10-15-22/h8-12,14-17,20,25H,5-7,13,18-19,21H2,1-4H3,(H,30,33). The maximum absolute atomic E-state index is 13.1. The molecule has 188 valence electrons. The third kappa shape index (κ3) is 8.16. The lowest BCUT2D eigenvalue weighted by atomic mass is 10.1. The van der Waals surface area contributed by atoms with Gasteiger partial charge in [0, 0.05) is 30.1 Å². The highest BCUT2D eigenvalue weighted by Gasteiger charge is 2.27. The third-order valence-corrected chi connectivity index (χ3v) is 5.75. The number of aromatic nitrogens is 1. The van der Waals surface area contributed by atoms with E-state index in [1.165, 1.54) is 19.3 Å². The van der Waals surface area contributed by atoms with Gasteiger partial charge in [-0.25, -0.2) is 9.59 Å². The molecule has 0 spiro atoms. The Hall–Kier alpha value is -3.28. The van der Waals surface area contributed by atoms with Gasteiger partial charge in [0.25, 0.3) is 0 Å². The number of benzene rings is 2. The quantitative estimate of drug-likeness (QED) is 0.256. The van der Waals surface area contributed by atoms with Crippen molar-refractivity contribution < 1.29 is 19.1 Å². The number of amides is 1. The first-order valence-corrected chi connectivity index (χ1v) is 12.5. The van der Waals surface area contributed by atoms with E-state index in [-0.39, 0.29) is 6.61 Å². The molecule has 0 radical (unpaired) electrons. The van der Waals surface area contributed by atoms with Crippen LogP contribution in [0.5, 0.6) is 0 Å². The second-order valence-corrected chi connectivity index (χ2v) is 9.92. The number of para-hydroxylation sites is 1. The molecule has 1 atom stereocenters. The number of hydrogen-bond acceptors (Lipinski definition) is 4. The predicted molar refractivity (Wildman–Crippen MR) is 139 cm³/mol. The SMILES string of the molecule is CCCCCCn1cc(CC(NC(=O)OC(C)(C)C)C(=O)OCc2ccccc2)c2ccccc21. The van der Waals surface area contributed by atoms with Gasteiger partial charge < -0.3 is 19.4 Å². The highest BCUT2D eigenvalue weighted by Crippen LogP contribution is 2.24. The fourth-order valence-electron chi connectivity index (χ4n) is 4.07. The summed E-state index contributed by atoms with van der Waals surface area (Å²) in [6.07, 6.45) is 6.49. The molecule has 0 saturated carbocycles. The van der Waals surface area contributed by atoms with Crippen molar-refractivity contribution in [3.8, 4) is 0 Å². The summed E-state index contributed by atoms with van der Waals surface area (Å²) in [5.74, 6) is -0.487. The molecule has 3 rings (SSSR count). The molecule has 0 aliphatic carbocycles. The molecule has 0 fully saturated rings. The van der Waals surface area contributed by atoms with Crippen LogP contribution in [0.4, 0.5) is 4.79 Å². The van der Waals surface area contributed by atoms with E-state index in [0.717, 1.165) is 35.0 Å². The molecule has 1 N–H and O–H groups in total. The molecule has 6 heteroatoms. The largest absolute Gasteiger partial charge is 0.459 e. The van der Waals surface area contributed by atoms with Crippen molar-refractivity contribution in [3.63, 3.8) is 0 Å². The van der Waals surface area contributed by atoms with E-state index in [1.54, 1.807) is 20.8 Å². The summed E-state index contributed by atoms with van der Waals surface area (Å²) in [6.45, 7) is 8.65. The van der Waals surface area contributed by atoms with Gasteiger partial charge in [-0.15, -0.1) is 0 Å². The molecule has 1 heterocycles. The number of aryl methyl sites for hydroxylation is 1. The Bertz CT molecular complexity index is 1100. The maximum Gasteiger partial charge on any atom is 0.408 e. The minimum atomic E-state index is -0.868. The lowest BCUT2D eigenvalue weighted by Gasteiger charge is -2.23. The third-order valence-electron chi connectivity index (χ3n) is 5.75. The number of rotatable bonds is 11. The summed E-state index contributed by atoms with van der Waals surface area (Å²) in [5, 5.41) is 3.83. The number of carbonyl (C=O) groups excluding carboxylic acids is 2.